The van der Waals surface area contributed by atoms with Crippen LogP contribution in [0.3, 0.4) is 0 Å². The monoisotopic (exact) mass is 260 g/mol. The van der Waals surface area contributed by atoms with Crippen molar-refractivity contribution >= 4 is 22.7 Å². The number of hydrogen-bond donors (Lipinski definition) is 1. The van der Waals surface area contributed by atoms with E-state index in [0.29, 0.717) is 0 Å². The van der Waals surface area contributed by atoms with E-state index in [1.807, 2.05) is 22.9 Å². The van der Waals surface area contributed by atoms with Crippen molar-refractivity contribution in [2.75, 3.05) is 0 Å². The number of hydrogen-bond acceptors (Lipinski definition) is 5. The van der Waals surface area contributed by atoms with Crippen molar-refractivity contribution in [3.8, 4) is 27.7 Å². The topological polar surface area (TPSA) is 46.0 Å². The number of aromatic hydroxyl groups is 1. The number of nitrogens with zero attached hydrogens (tertiary/aromatic N) is 2. The Labute approximate surface area is 106 Å². The van der Waals surface area contributed by atoms with Crippen LogP contribution in [0.4, 0.5) is 0 Å². The van der Waals surface area contributed by atoms with Crippen molar-refractivity contribution in [2.24, 2.45) is 0 Å². The molecular formula is C12H8N2OS2. The summed E-state index contributed by atoms with van der Waals surface area (Å²) in [5.41, 5.74) is 4.29. The van der Waals surface area contributed by atoms with Crippen LogP contribution < -0.4 is 0 Å². The van der Waals surface area contributed by atoms with Crippen LogP contribution in [0.1, 0.15) is 0 Å². The molecule has 5 heteroatoms. The third-order valence-corrected chi connectivity index (χ3v) is 3.80. The zero-order valence-electron chi connectivity index (χ0n) is 8.70. The summed E-state index contributed by atoms with van der Waals surface area (Å²) in [6.45, 7) is 0. The quantitative estimate of drug-likeness (QED) is 0.765. The molecule has 0 bridgehead atoms. The minimum Gasteiger partial charge on any atom is -0.507 e. The van der Waals surface area contributed by atoms with Crippen molar-refractivity contribution in [3.05, 3.63) is 40.5 Å². The van der Waals surface area contributed by atoms with Gasteiger partial charge in [-0.3, -0.25) is 0 Å². The molecule has 1 N–H and O–H groups in total. The van der Waals surface area contributed by atoms with Gasteiger partial charge in [0.1, 0.15) is 22.1 Å². The molecule has 0 aliphatic rings. The van der Waals surface area contributed by atoms with Gasteiger partial charge in [0.05, 0.1) is 11.1 Å². The maximum Gasteiger partial charge on any atom is 0.127 e. The van der Waals surface area contributed by atoms with Crippen molar-refractivity contribution in [3.63, 3.8) is 0 Å². The Morgan fingerprint density at radius 3 is 2.71 bits per heavy atom. The SMILES string of the molecule is Oc1ccccc1-c1nc(-c2cscn2)cs1. The largest absolute Gasteiger partial charge is 0.507 e. The van der Waals surface area contributed by atoms with E-state index in [9.17, 15) is 5.11 Å². The van der Waals surface area contributed by atoms with E-state index in [1.54, 1.807) is 29.0 Å². The number of para-hydroxylation sites is 1. The molecule has 3 rings (SSSR count). The zero-order chi connectivity index (χ0) is 11.7. The predicted molar refractivity (Wildman–Crippen MR) is 70.3 cm³/mol. The van der Waals surface area contributed by atoms with Crippen LogP contribution in [0.25, 0.3) is 22.0 Å². The van der Waals surface area contributed by atoms with Crippen molar-refractivity contribution in [1.29, 1.82) is 0 Å². The third kappa shape index (κ3) is 1.94. The normalized spacial score (nSPS) is 10.6. The van der Waals surface area contributed by atoms with Crippen LogP contribution in [0.2, 0.25) is 0 Å². The highest BCUT2D eigenvalue weighted by atomic mass is 32.1. The Balaban J connectivity index is 2.04. The van der Waals surface area contributed by atoms with E-state index in [1.165, 1.54) is 11.3 Å². The first-order valence-corrected chi connectivity index (χ1v) is 6.79. The number of rotatable bonds is 2. The first-order valence-electron chi connectivity index (χ1n) is 4.97. The highest BCUT2D eigenvalue weighted by molar-refractivity contribution is 7.13. The molecular weight excluding hydrogens is 252 g/mol. The number of phenolic OH excluding ortho intramolecular Hbond substituents is 1. The summed E-state index contributed by atoms with van der Waals surface area (Å²) in [6, 6.07) is 7.21. The van der Waals surface area contributed by atoms with Crippen LogP contribution in [0.15, 0.2) is 40.5 Å². The number of aromatic nitrogens is 2. The Hall–Kier alpha value is -1.72. The van der Waals surface area contributed by atoms with Gasteiger partial charge in [0.2, 0.25) is 0 Å². The molecule has 0 fully saturated rings. The van der Waals surface area contributed by atoms with Crippen LogP contribution >= 0.6 is 22.7 Å². The molecule has 84 valence electrons. The van der Waals surface area contributed by atoms with Gasteiger partial charge in [0.15, 0.2) is 0 Å². The van der Waals surface area contributed by atoms with Gasteiger partial charge in [0.25, 0.3) is 0 Å². The summed E-state index contributed by atoms with van der Waals surface area (Å²) in [7, 11) is 0. The van der Waals surface area contributed by atoms with Gasteiger partial charge < -0.3 is 5.11 Å². The molecule has 0 saturated carbocycles. The molecule has 3 nitrogen and oxygen atoms in total. The molecule has 0 unspecified atom stereocenters. The van der Waals surface area contributed by atoms with E-state index < -0.39 is 0 Å². The third-order valence-electron chi connectivity index (χ3n) is 2.33. The summed E-state index contributed by atoms with van der Waals surface area (Å²) in [5.74, 6) is 0.256. The molecule has 0 radical (unpaired) electrons. The number of thiazole rings is 2. The first-order chi connectivity index (χ1) is 8.34. The molecule has 2 heterocycles. The molecule has 1 aromatic carbocycles. The van der Waals surface area contributed by atoms with Crippen molar-refractivity contribution in [1.82, 2.24) is 9.97 Å². The average Bonchev–Trinajstić information content (AvgIpc) is 3.00. The summed E-state index contributed by atoms with van der Waals surface area (Å²) in [6.07, 6.45) is 0. The Morgan fingerprint density at radius 2 is 1.94 bits per heavy atom. The fourth-order valence-corrected chi connectivity index (χ4v) is 2.90. The molecule has 0 aliphatic heterocycles. The maximum absolute atomic E-state index is 9.76. The van der Waals surface area contributed by atoms with E-state index >= 15 is 0 Å². The smallest absolute Gasteiger partial charge is 0.127 e. The summed E-state index contributed by atoms with van der Waals surface area (Å²) < 4.78 is 0. The fraction of sp³-hybridized carbons (Fsp3) is 0. The van der Waals surface area contributed by atoms with Gasteiger partial charge in [-0.05, 0) is 12.1 Å². The van der Waals surface area contributed by atoms with E-state index in [-0.39, 0.29) is 5.75 Å². The highest BCUT2D eigenvalue weighted by Crippen LogP contribution is 2.33. The summed E-state index contributed by atoms with van der Waals surface area (Å²) in [4.78, 5) is 8.70. The van der Waals surface area contributed by atoms with Crippen LogP contribution in [0, 0.1) is 0 Å². The lowest BCUT2D eigenvalue weighted by Crippen LogP contribution is -1.79. The van der Waals surface area contributed by atoms with Gasteiger partial charge in [-0.2, -0.15) is 0 Å². The summed E-state index contributed by atoms with van der Waals surface area (Å²) >= 11 is 3.06. The standard InChI is InChI=1S/C12H8N2OS2/c15-11-4-2-1-3-8(11)12-14-10(6-17-12)9-5-16-7-13-9/h1-7,15H. The van der Waals surface area contributed by atoms with Crippen LogP contribution in [0.5, 0.6) is 5.75 Å². The molecule has 3 aromatic rings. The molecule has 2 aromatic heterocycles. The Kier molecular flexibility index (Phi) is 2.62. The van der Waals surface area contributed by atoms with Gasteiger partial charge in [-0.25, -0.2) is 9.97 Å². The van der Waals surface area contributed by atoms with Crippen LogP contribution in [-0.2, 0) is 0 Å². The van der Waals surface area contributed by atoms with Gasteiger partial charge in [-0.1, -0.05) is 12.1 Å². The Morgan fingerprint density at radius 1 is 1.06 bits per heavy atom. The lowest BCUT2D eigenvalue weighted by molar-refractivity contribution is 0.477. The van der Waals surface area contributed by atoms with Crippen molar-refractivity contribution in [2.45, 2.75) is 0 Å². The van der Waals surface area contributed by atoms with Crippen LogP contribution in [-0.4, -0.2) is 15.1 Å². The minimum absolute atomic E-state index is 0.256. The first kappa shape index (κ1) is 10.4. The molecule has 0 aliphatic carbocycles. The van der Waals surface area contributed by atoms with Crippen molar-refractivity contribution < 1.29 is 5.11 Å². The lowest BCUT2D eigenvalue weighted by atomic mass is 10.2. The second kappa shape index (κ2) is 4.27. The zero-order valence-corrected chi connectivity index (χ0v) is 10.3. The Bertz CT molecular complexity index is 632. The van der Waals surface area contributed by atoms with E-state index in [4.69, 9.17) is 0 Å². The molecule has 17 heavy (non-hydrogen) atoms. The summed E-state index contributed by atoms with van der Waals surface area (Å²) in [5, 5.41) is 14.5. The van der Waals surface area contributed by atoms with Gasteiger partial charge >= 0.3 is 0 Å². The molecule has 0 saturated heterocycles. The van der Waals surface area contributed by atoms with E-state index in [0.717, 1.165) is 22.0 Å². The fourth-order valence-electron chi connectivity index (χ4n) is 1.51. The van der Waals surface area contributed by atoms with Gasteiger partial charge in [-0.15, -0.1) is 22.7 Å². The molecule has 0 spiro atoms. The van der Waals surface area contributed by atoms with Gasteiger partial charge in [0, 0.05) is 10.8 Å². The number of phenols is 1. The molecule has 0 amide bonds. The highest BCUT2D eigenvalue weighted by Gasteiger charge is 2.10. The number of benzene rings is 1. The lowest BCUT2D eigenvalue weighted by Gasteiger charge is -1.98. The minimum atomic E-state index is 0.256. The predicted octanol–water partition coefficient (Wildman–Crippen LogP) is 3.64. The molecule has 0 atom stereocenters. The maximum atomic E-state index is 9.76. The second-order valence-electron chi connectivity index (χ2n) is 3.43. The average molecular weight is 260 g/mol. The second-order valence-corrected chi connectivity index (χ2v) is 5.01. The van der Waals surface area contributed by atoms with E-state index in [2.05, 4.69) is 9.97 Å².